The summed E-state index contributed by atoms with van der Waals surface area (Å²) in [6.07, 6.45) is 0.960. The SMILES string of the molecule is COC(=O)/C=C(/OCCN(C)C)C(=O)OC. The van der Waals surface area contributed by atoms with Crippen LogP contribution in [0.3, 0.4) is 0 Å². The average Bonchev–Trinajstić information content (AvgIpc) is 2.25. The van der Waals surface area contributed by atoms with E-state index in [0.29, 0.717) is 6.54 Å². The van der Waals surface area contributed by atoms with E-state index in [2.05, 4.69) is 9.47 Å². The molecule has 0 aromatic carbocycles. The molecule has 6 nitrogen and oxygen atoms in total. The lowest BCUT2D eigenvalue weighted by Crippen LogP contribution is -2.20. The number of likely N-dealkylation sites (N-methyl/N-ethyl adjacent to an activating group) is 1. The Morgan fingerprint density at radius 1 is 1.19 bits per heavy atom. The van der Waals surface area contributed by atoms with E-state index in [-0.39, 0.29) is 12.4 Å². The minimum atomic E-state index is -0.704. The number of esters is 2. The Labute approximate surface area is 94.8 Å². The molecule has 16 heavy (non-hydrogen) atoms. The van der Waals surface area contributed by atoms with Crippen LogP contribution in [-0.2, 0) is 23.8 Å². The first-order valence-electron chi connectivity index (χ1n) is 4.66. The lowest BCUT2D eigenvalue weighted by molar-refractivity contribution is -0.142. The Hall–Kier alpha value is -1.56. The van der Waals surface area contributed by atoms with Crippen molar-refractivity contribution in [2.45, 2.75) is 0 Å². The molecule has 0 aliphatic carbocycles. The monoisotopic (exact) mass is 231 g/mol. The summed E-state index contributed by atoms with van der Waals surface area (Å²) in [7, 11) is 6.16. The van der Waals surface area contributed by atoms with Crippen LogP contribution in [-0.4, -0.2) is 58.3 Å². The molecule has 0 aromatic rings. The van der Waals surface area contributed by atoms with Gasteiger partial charge in [0.2, 0.25) is 5.76 Å². The summed E-state index contributed by atoms with van der Waals surface area (Å²) in [5.41, 5.74) is 0. The lowest BCUT2D eigenvalue weighted by atomic mass is 10.4. The van der Waals surface area contributed by atoms with Crippen molar-refractivity contribution in [1.82, 2.24) is 4.90 Å². The van der Waals surface area contributed by atoms with Crippen molar-refractivity contribution in [2.75, 3.05) is 41.5 Å². The van der Waals surface area contributed by atoms with Crippen molar-refractivity contribution in [3.05, 3.63) is 11.8 Å². The molecule has 0 radical (unpaired) electrons. The molecule has 0 atom stereocenters. The normalized spacial score (nSPS) is 11.2. The Balaban J connectivity index is 4.38. The number of hydrogen-bond acceptors (Lipinski definition) is 6. The number of hydrogen-bond donors (Lipinski definition) is 0. The predicted octanol–water partition coefficient (Wildman–Crippen LogP) is -0.205. The van der Waals surface area contributed by atoms with Gasteiger partial charge in [0.25, 0.3) is 0 Å². The van der Waals surface area contributed by atoms with Gasteiger partial charge in [-0.25, -0.2) is 9.59 Å². The summed E-state index contributed by atoms with van der Waals surface area (Å²) in [5.74, 6) is -1.52. The van der Waals surface area contributed by atoms with E-state index in [1.54, 1.807) is 0 Å². The molecule has 6 heteroatoms. The number of carbonyl (C=O) groups is 2. The molecule has 0 rings (SSSR count). The summed E-state index contributed by atoms with van der Waals surface area (Å²) in [5, 5.41) is 0. The van der Waals surface area contributed by atoms with Crippen molar-refractivity contribution >= 4 is 11.9 Å². The maximum absolute atomic E-state index is 11.2. The van der Waals surface area contributed by atoms with Crippen molar-refractivity contribution in [3.8, 4) is 0 Å². The maximum atomic E-state index is 11.2. The summed E-state index contributed by atoms with van der Waals surface area (Å²) in [6, 6.07) is 0. The summed E-state index contributed by atoms with van der Waals surface area (Å²) in [4.78, 5) is 24.0. The van der Waals surface area contributed by atoms with Gasteiger partial charge in [-0.05, 0) is 14.1 Å². The van der Waals surface area contributed by atoms with E-state index in [0.717, 1.165) is 6.08 Å². The first-order valence-corrected chi connectivity index (χ1v) is 4.66. The first kappa shape index (κ1) is 14.4. The van der Waals surface area contributed by atoms with Gasteiger partial charge in [-0.1, -0.05) is 0 Å². The highest BCUT2D eigenvalue weighted by atomic mass is 16.6. The minimum absolute atomic E-state index is 0.156. The number of ether oxygens (including phenoxy) is 3. The third-order valence-electron chi connectivity index (χ3n) is 1.63. The van der Waals surface area contributed by atoms with Gasteiger partial charge in [-0.15, -0.1) is 0 Å². The smallest absolute Gasteiger partial charge is 0.373 e. The number of rotatable bonds is 6. The van der Waals surface area contributed by atoms with E-state index in [1.165, 1.54) is 14.2 Å². The largest absolute Gasteiger partial charge is 0.485 e. The van der Waals surface area contributed by atoms with Crippen LogP contribution in [0.15, 0.2) is 11.8 Å². The van der Waals surface area contributed by atoms with Crippen molar-refractivity contribution in [3.63, 3.8) is 0 Å². The average molecular weight is 231 g/mol. The van der Waals surface area contributed by atoms with Gasteiger partial charge in [0.05, 0.1) is 20.3 Å². The summed E-state index contributed by atoms with van der Waals surface area (Å²) >= 11 is 0. The molecule has 0 amide bonds. The van der Waals surface area contributed by atoms with Crippen LogP contribution in [0.2, 0.25) is 0 Å². The molecule has 0 saturated heterocycles. The minimum Gasteiger partial charge on any atom is -0.485 e. The van der Waals surface area contributed by atoms with Gasteiger partial charge >= 0.3 is 11.9 Å². The highest BCUT2D eigenvalue weighted by Crippen LogP contribution is 2.01. The number of carbonyl (C=O) groups excluding carboxylic acids is 2. The van der Waals surface area contributed by atoms with E-state index < -0.39 is 11.9 Å². The lowest BCUT2D eigenvalue weighted by Gasteiger charge is -2.11. The summed E-state index contributed by atoms with van der Waals surface area (Å²) < 4.78 is 14.0. The molecule has 0 heterocycles. The van der Waals surface area contributed by atoms with Gasteiger partial charge in [0, 0.05) is 6.54 Å². The first-order chi connectivity index (χ1) is 7.51. The Bertz CT molecular complexity index is 272. The number of methoxy groups -OCH3 is 2. The fourth-order valence-corrected chi connectivity index (χ4v) is 0.764. The molecule has 0 fully saturated rings. The van der Waals surface area contributed by atoms with Crippen molar-refractivity contribution in [1.29, 1.82) is 0 Å². The summed E-state index contributed by atoms with van der Waals surface area (Å²) in [6.45, 7) is 0.903. The zero-order valence-electron chi connectivity index (χ0n) is 9.98. The fourth-order valence-electron chi connectivity index (χ4n) is 0.764. The molecule has 92 valence electrons. The molecule has 0 N–H and O–H groups in total. The van der Waals surface area contributed by atoms with E-state index >= 15 is 0 Å². The van der Waals surface area contributed by atoms with Gasteiger partial charge in [0.1, 0.15) is 6.61 Å². The van der Waals surface area contributed by atoms with Crippen molar-refractivity contribution < 1.29 is 23.8 Å². The molecule has 0 saturated carbocycles. The Morgan fingerprint density at radius 2 is 1.81 bits per heavy atom. The molecular weight excluding hydrogens is 214 g/mol. The third-order valence-corrected chi connectivity index (χ3v) is 1.63. The molecule has 0 aliphatic heterocycles. The van der Waals surface area contributed by atoms with Gasteiger partial charge in [0.15, 0.2) is 0 Å². The van der Waals surface area contributed by atoms with E-state index in [4.69, 9.17) is 4.74 Å². The molecule has 0 bridgehead atoms. The molecular formula is C10H17NO5. The Kier molecular flexibility index (Phi) is 6.95. The topological polar surface area (TPSA) is 65.1 Å². The quantitative estimate of drug-likeness (QED) is 0.358. The third kappa shape index (κ3) is 6.02. The predicted molar refractivity (Wildman–Crippen MR) is 56.6 cm³/mol. The van der Waals surface area contributed by atoms with Crippen LogP contribution in [0.4, 0.5) is 0 Å². The molecule has 0 aromatic heterocycles. The van der Waals surface area contributed by atoms with E-state index in [9.17, 15) is 9.59 Å². The zero-order valence-corrected chi connectivity index (χ0v) is 9.98. The van der Waals surface area contributed by atoms with Gasteiger partial charge in [-0.3, -0.25) is 0 Å². The van der Waals surface area contributed by atoms with Gasteiger partial charge < -0.3 is 19.1 Å². The number of nitrogens with zero attached hydrogens (tertiary/aromatic N) is 1. The zero-order chi connectivity index (χ0) is 12.6. The van der Waals surface area contributed by atoms with Crippen LogP contribution in [0, 0.1) is 0 Å². The van der Waals surface area contributed by atoms with Gasteiger partial charge in [-0.2, -0.15) is 0 Å². The second-order valence-electron chi connectivity index (χ2n) is 3.18. The van der Waals surface area contributed by atoms with Crippen LogP contribution in [0.25, 0.3) is 0 Å². The fraction of sp³-hybridized carbons (Fsp3) is 0.600. The molecule has 0 aliphatic rings. The van der Waals surface area contributed by atoms with Crippen LogP contribution in [0.1, 0.15) is 0 Å². The Morgan fingerprint density at radius 3 is 2.25 bits per heavy atom. The van der Waals surface area contributed by atoms with Crippen LogP contribution < -0.4 is 0 Å². The standard InChI is InChI=1S/C10H17NO5/c1-11(2)5-6-16-8(10(13)15-4)7-9(12)14-3/h7H,5-6H2,1-4H3/b8-7+. The molecule has 0 unspecified atom stereocenters. The van der Waals surface area contributed by atoms with Crippen LogP contribution >= 0.6 is 0 Å². The van der Waals surface area contributed by atoms with Crippen LogP contribution in [0.5, 0.6) is 0 Å². The highest BCUT2D eigenvalue weighted by Gasteiger charge is 2.13. The second kappa shape index (κ2) is 7.70. The maximum Gasteiger partial charge on any atom is 0.373 e. The van der Waals surface area contributed by atoms with Crippen molar-refractivity contribution in [2.24, 2.45) is 0 Å². The molecule has 0 spiro atoms. The van der Waals surface area contributed by atoms with E-state index in [1.807, 2.05) is 19.0 Å². The second-order valence-corrected chi connectivity index (χ2v) is 3.18. The highest BCUT2D eigenvalue weighted by molar-refractivity contribution is 5.94.